The molecule has 1 aliphatic rings. The Morgan fingerprint density at radius 2 is 1.95 bits per heavy atom. The number of rotatable bonds is 3. The van der Waals surface area contributed by atoms with Crippen LogP contribution in [0.3, 0.4) is 0 Å². The maximum Gasteiger partial charge on any atom is 0.255 e. The van der Waals surface area contributed by atoms with Crippen LogP contribution in [0, 0.1) is 0 Å². The molecular weight excluding hydrogens is 280 g/mol. The van der Waals surface area contributed by atoms with E-state index in [-0.39, 0.29) is 11.3 Å². The van der Waals surface area contributed by atoms with E-state index in [0.29, 0.717) is 0 Å². The number of aryl methyl sites for hydroxylation is 1. The molecule has 2 aromatic rings. The van der Waals surface area contributed by atoms with E-state index in [0.717, 1.165) is 29.8 Å². The first-order valence-electron chi connectivity index (χ1n) is 7.21. The van der Waals surface area contributed by atoms with Gasteiger partial charge in [-0.2, -0.15) is 0 Å². The lowest BCUT2D eigenvalue weighted by molar-refractivity contribution is 0.0760. The zero-order valence-electron chi connectivity index (χ0n) is 12.0. The lowest BCUT2D eigenvalue weighted by atomic mass is 10.1. The summed E-state index contributed by atoms with van der Waals surface area (Å²) in [7, 11) is 0. The van der Waals surface area contributed by atoms with Crippen molar-refractivity contribution in [2.75, 3.05) is 12.3 Å². The molecule has 1 saturated heterocycles. The van der Waals surface area contributed by atoms with Crippen LogP contribution < -0.4 is 0 Å². The Balaban J connectivity index is 1.82. The average molecular weight is 298 g/mol. The van der Waals surface area contributed by atoms with Gasteiger partial charge >= 0.3 is 0 Å². The normalized spacial score (nSPS) is 18.0. The second-order valence-electron chi connectivity index (χ2n) is 5.05. The molecule has 2 heterocycles. The summed E-state index contributed by atoms with van der Waals surface area (Å²) in [5.74, 6) is 1.09. The molecule has 3 rings (SSSR count). The van der Waals surface area contributed by atoms with Crippen molar-refractivity contribution in [3.63, 3.8) is 0 Å². The molecule has 1 aromatic carbocycles. The standard InChI is InChI=1S/C17H18N2OS/c1-2-13-3-5-14(6-4-13)16(20)19-11-12-21-17(19)15-7-9-18-10-8-15/h3-10,17H,2,11-12H2,1H3/t17-/m0/s1. The van der Waals surface area contributed by atoms with Gasteiger partial charge in [-0.25, -0.2) is 0 Å². The van der Waals surface area contributed by atoms with Crippen molar-refractivity contribution in [2.24, 2.45) is 0 Å². The number of aromatic nitrogens is 1. The first-order valence-corrected chi connectivity index (χ1v) is 8.26. The van der Waals surface area contributed by atoms with E-state index in [1.807, 2.05) is 53.1 Å². The molecular formula is C17H18N2OS. The highest BCUT2D eigenvalue weighted by atomic mass is 32.2. The Morgan fingerprint density at radius 1 is 1.24 bits per heavy atom. The number of benzene rings is 1. The molecule has 3 nitrogen and oxygen atoms in total. The predicted molar refractivity (Wildman–Crippen MR) is 86.3 cm³/mol. The van der Waals surface area contributed by atoms with E-state index < -0.39 is 0 Å². The van der Waals surface area contributed by atoms with Gasteiger partial charge < -0.3 is 4.90 Å². The van der Waals surface area contributed by atoms with Crippen molar-refractivity contribution in [1.82, 2.24) is 9.88 Å². The summed E-state index contributed by atoms with van der Waals surface area (Å²) in [5.41, 5.74) is 3.17. The van der Waals surface area contributed by atoms with Crippen LogP contribution in [0.1, 0.15) is 33.8 Å². The minimum absolute atomic E-state index is 0.103. The highest BCUT2D eigenvalue weighted by Crippen LogP contribution is 2.38. The number of carbonyl (C=O) groups excluding carboxylic acids is 1. The molecule has 1 aliphatic heterocycles. The molecule has 0 spiro atoms. The van der Waals surface area contributed by atoms with Crippen LogP contribution in [0.2, 0.25) is 0 Å². The summed E-state index contributed by atoms with van der Waals surface area (Å²) in [6, 6.07) is 11.9. The second kappa shape index (κ2) is 6.31. The van der Waals surface area contributed by atoms with E-state index in [4.69, 9.17) is 0 Å². The lowest BCUT2D eigenvalue weighted by Gasteiger charge is -2.24. The molecule has 1 amide bonds. The van der Waals surface area contributed by atoms with Gasteiger partial charge in [-0.1, -0.05) is 19.1 Å². The third-order valence-electron chi connectivity index (χ3n) is 3.75. The fraction of sp³-hybridized carbons (Fsp3) is 0.294. The molecule has 0 unspecified atom stereocenters. The van der Waals surface area contributed by atoms with E-state index in [2.05, 4.69) is 11.9 Å². The molecule has 21 heavy (non-hydrogen) atoms. The molecule has 0 saturated carbocycles. The van der Waals surface area contributed by atoms with Crippen LogP contribution >= 0.6 is 11.8 Å². The number of thioether (sulfide) groups is 1. The van der Waals surface area contributed by atoms with Crippen LogP contribution in [0.5, 0.6) is 0 Å². The third kappa shape index (κ3) is 2.95. The molecule has 0 aliphatic carbocycles. The number of pyridine rings is 1. The minimum atomic E-state index is 0.103. The Bertz CT molecular complexity index is 612. The van der Waals surface area contributed by atoms with Gasteiger partial charge in [-0.05, 0) is 41.8 Å². The molecule has 108 valence electrons. The van der Waals surface area contributed by atoms with Crippen LogP contribution in [-0.4, -0.2) is 28.1 Å². The van der Waals surface area contributed by atoms with Gasteiger partial charge in [-0.3, -0.25) is 9.78 Å². The highest BCUT2D eigenvalue weighted by Gasteiger charge is 2.31. The van der Waals surface area contributed by atoms with Crippen LogP contribution in [-0.2, 0) is 6.42 Å². The van der Waals surface area contributed by atoms with Crippen LogP contribution in [0.4, 0.5) is 0 Å². The SMILES string of the molecule is CCc1ccc(C(=O)N2CCS[C@H]2c2ccncc2)cc1. The van der Waals surface area contributed by atoms with Gasteiger partial charge in [-0.15, -0.1) is 11.8 Å². The largest absolute Gasteiger partial charge is 0.322 e. The van der Waals surface area contributed by atoms with E-state index in [1.165, 1.54) is 5.56 Å². The van der Waals surface area contributed by atoms with E-state index >= 15 is 0 Å². The maximum absolute atomic E-state index is 12.7. The number of carbonyl (C=O) groups is 1. The van der Waals surface area contributed by atoms with Crippen molar-refractivity contribution < 1.29 is 4.79 Å². The number of amides is 1. The Kier molecular flexibility index (Phi) is 4.25. The van der Waals surface area contributed by atoms with Gasteiger partial charge in [0.2, 0.25) is 0 Å². The van der Waals surface area contributed by atoms with Crippen LogP contribution in [0.15, 0.2) is 48.8 Å². The molecule has 1 atom stereocenters. The fourth-order valence-electron chi connectivity index (χ4n) is 2.53. The van der Waals surface area contributed by atoms with Crippen molar-refractivity contribution in [1.29, 1.82) is 0 Å². The third-order valence-corrected chi connectivity index (χ3v) is 5.01. The predicted octanol–water partition coefficient (Wildman–Crippen LogP) is 3.53. The zero-order valence-corrected chi connectivity index (χ0v) is 12.8. The van der Waals surface area contributed by atoms with Gasteiger partial charge in [0.1, 0.15) is 5.37 Å². The highest BCUT2D eigenvalue weighted by molar-refractivity contribution is 7.99. The zero-order chi connectivity index (χ0) is 14.7. The average Bonchev–Trinajstić information content (AvgIpc) is 3.04. The number of nitrogens with zero attached hydrogens (tertiary/aromatic N) is 2. The summed E-state index contributed by atoms with van der Waals surface area (Å²) in [5, 5.41) is 0.103. The van der Waals surface area contributed by atoms with E-state index in [1.54, 1.807) is 12.4 Å². The van der Waals surface area contributed by atoms with Crippen molar-refractivity contribution >= 4 is 17.7 Å². The fourth-order valence-corrected chi connectivity index (χ4v) is 3.79. The summed E-state index contributed by atoms with van der Waals surface area (Å²) >= 11 is 1.81. The summed E-state index contributed by atoms with van der Waals surface area (Å²) in [6.07, 6.45) is 4.56. The van der Waals surface area contributed by atoms with E-state index in [9.17, 15) is 4.79 Å². The first kappa shape index (κ1) is 14.1. The Labute approximate surface area is 129 Å². The van der Waals surface area contributed by atoms with Gasteiger partial charge in [0.25, 0.3) is 5.91 Å². The number of hydrogen-bond acceptors (Lipinski definition) is 3. The van der Waals surface area contributed by atoms with Gasteiger partial charge in [0.15, 0.2) is 0 Å². The lowest BCUT2D eigenvalue weighted by Crippen LogP contribution is -2.30. The molecule has 4 heteroatoms. The van der Waals surface area contributed by atoms with Crippen molar-refractivity contribution in [2.45, 2.75) is 18.7 Å². The number of hydrogen-bond donors (Lipinski definition) is 0. The molecule has 0 radical (unpaired) electrons. The van der Waals surface area contributed by atoms with Crippen molar-refractivity contribution in [3.8, 4) is 0 Å². The summed E-state index contributed by atoms with van der Waals surface area (Å²) < 4.78 is 0. The van der Waals surface area contributed by atoms with Crippen molar-refractivity contribution in [3.05, 3.63) is 65.5 Å². The minimum Gasteiger partial charge on any atom is -0.322 e. The molecule has 0 bridgehead atoms. The quantitative estimate of drug-likeness (QED) is 0.869. The molecule has 1 aromatic heterocycles. The Morgan fingerprint density at radius 3 is 2.62 bits per heavy atom. The Hall–Kier alpha value is -1.81. The summed E-state index contributed by atoms with van der Waals surface area (Å²) in [4.78, 5) is 18.7. The monoisotopic (exact) mass is 298 g/mol. The van der Waals surface area contributed by atoms with Crippen LogP contribution in [0.25, 0.3) is 0 Å². The second-order valence-corrected chi connectivity index (χ2v) is 6.24. The smallest absolute Gasteiger partial charge is 0.255 e. The van der Waals surface area contributed by atoms with Gasteiger partial charge in [0.05, 0.1) is 0 Å². The maximum atomic E-state index is 12.7. The first-order chi connectivity index (χ1) is 10.3. The summed E-state index contributed by atoms with van der Waals surface area (Å²) in [6.45, 7) is 2.92. The topological polar surface area (TPSA) is 33.2 Å². The molecule has 1 fully saturated rings. The molecule has 0 N–H and O–H groups in total. The van der Waals surface area contributed by atoms with Gasteiger partial charge in [0, 0.05) is 30.3 Å².